The monoisotopic (exact) mass is 637 g/mol. The average molecular weight is 639 g/mol. The normalized spacial score (nSPS) is 14.5. The zero-order valence-corrected chi connectivity index (χ0v) is 26.2. The Hall–Kier alpha value is -3.54. The van der Waals surface area contributed by atoms with E-state index in [9.17, 15) is 24.3 Å². The summed E-state index contributed by atoms with van der Waals surface area (Å²) in [5, 5.41) is 12.7. The van der Waals surface area contributed by atoms with Crippen molar-refractivity contribution in [2.75, 3.05) is 39.3 Å². The van der Waals surface area contributed by atoms with Crippen LogP contribution in [0.5, 0.6) is 11.5 Å². The minimum absolute atomic E-state index is 0.0111. The summed E-state index contributed by atoms with van der Waals surface area (Å²) in [5.41, 5.74) is -0.0990. The first-order valence-corrected chi connectivity index (χ1v) is 14.7. The fraction of sp³-hybridized carbons (Fsp3) is 0.467. The number of carbonyl (C=O) groups excluding carboxylic acids is 4. The van der Waals surface area contributed by atoms with Crippen LogP contribution in [0.25, 0.3) is 0 Å². The van der Waals surface area contributed by atoms with Gasteiger partial charge in [-0.1, -0.05) is 53.5 Å². The molecule has 3 rings (SSSR count). The zero-order valence-electron chi connectivity index (χ0n) is 24.7. The molecule has 1 saturated heterocycles. The van der Waals surface area contributed by atoms with Gasteiger partial charge in [-0.05, 0) is 39.3 Å². The lowest BCUT2D eigenvalue weighted by Crippen LogP contribution is -2.50. The van der Waals surface area contributed by atoms with Crippen molar-refractivity contribution in [3.63, 3.8) is 0 Å². The number of hydrogen-bond acceptors (Lipinski definition) is 9. The Morgan fingerprint density at radius 1 is 1.05 bits per heavy atom. The topological polar surface area (TPSA) is 135 Å². The SMILES string of the molecule is CCOC(=O)[C@H](Cc1ccccc1)NC(=O)c1cc(Cl)c(OC(=O)CCN2CCN(C(=O)OC(C)(C)C)CC2)c(Cl)c1O. The Bertz CT molecular complexity index is 1310. The van der Waals surface area contributed by atoms with Gasteiger partial charge in [-0.3, -0.25) is 14.5 Å². The number of aromatic hydroxyl groups is 1. The van der Waals surface area contributed by atoms with E-state index in [1.807, 2.05) is 31.7 Å². The number of phenolic OH excluding ortho intramolecular Hbond substituents is 1. The largest absolute Gasteiger partial charge is 0.505 e. The van der Waals surface area contributed by atoms with E-state index in [1.165, 1.54) is 0 Å². The zero-order chi connectivity index (χ0) is 31.7. The number of esters is 2. The molecule has 0 aliphatic carbocycles. The average Bonchev–Trinajstić information content (AvgIpc) is 2.95. The number of nitrogens with one attached hydrogen (secondary N) is 1. The predicted molar refractivity (Wildman–Crippen MR) is 161 cm³/mol. The molecule has 0 bridgehead atoms. The molecule has 13 heteroatoms. The molecule has 0 spiro atoms. The van der Waals surface area contributed by atoms with Crippen molar-refractivity contribution >= 4 is 47.1 Å². The van der Waals surface area contributed by atoms with Gasteiger partial charge in [0.1, 0.15) is 16.7 Å². The number of amides is 2. The molecule has 1 fully saturated rings. The van der Waals surface area contributed by atoms with E-state index >= 15 is 0 Å². The molecular weight excluding hydrogens is 601 g/mol. The molecular formula is C30H37Cl2N3O8. The number of piperazine rings is 1. The fourth-order valence-electron chi connectivity index (χ4n) is 4.27. The van der Waals surface area contributed by atoms with Crippen LogP contribution in [-0.4, -0.2) is 89.8 Å². The molecule has 1 aliphatic heterocycles. The van der Waals surface area contributed by atoms with Crippen molar-refractivity contribution in [3.05, 3.63) is 57.6 Å². The van der Waals surface area contributed by atoms with E-state index in [0.717, 1.165) is 11.6 Å². The van der Waals surface area contributed by atoms with Gasteiger partial charge in [0.2, 0.25) is 0 Å². The van der Waals surface area contributed by atoms with Crippen LogP contribution in [0, 0.1) is 0 Å². The van der Waals surface area contributed by atoms with Gasteiger partial charge in [-0.2, -0.15) is 0 Å². The van der Waals surface area contributed by atoms with Gasteiger partial charge in [0.15, 0.2) is 11.5 Å². The molecule has 234 valence electrons. The van der Waals surface area contributed by atoms with Crippen molar-refractivity contribution in [2.45, 2.75) is 52.2 Å². The Morgan fingerprint density at radius 3 is 2.30 bits per heavy atom. The third-order valence-electron chi connectivity index (χ3n) is 6.43. The highest BCUT2D eigenvalue weighted by atomic mass is 35.5. The van der Waals surface area contributed by atoms with Gasteiger partial charge in [0.05, 0.1) is 23.6 Å². The molecule has 0 unspecified atom stereocenters. The summed E-state index contributed by atoms with van der Waals surface area (Å²) < 4.78 is 15.8. The minimum atomic E-state index is -1.05. The molecule has 1 aliphatic rings. The third kappa shape index (κ3) is 10.0. The Kier molecular flexibility index (Phi) is 12.1. The predicted octanol–water partition coefficient (Wildman–Crippen LogP) is 4.45. The highest BCUT2D eigenvalue weighted by Gasteiger charge is 2.29. The molecule has 1 heterocycles. The van der Waals surface area contributed by atoms with Crippen molar-refractivity contribution in [1.29, 1.82) is 0 Å². The lowest BCUT2D eigenvalue weighted by Gasteiger charge is -2.35. The van der Waals surface area contributed by atoms with Gasteiger partial charge in [0.25, 0.3) is 5.91 Å². The van der Waals surface area contributed by atoms with Gasteiger partial charge < -0.3 is 29.5 Å². The highest BCUT2D eigenvalue weighted by molar-refractivity contribution is 6.39. The quantitative estimate of drug-likeness (QED) is 0.286. The lowest BCUT2D eigenvalue weighted by molar-refractivity contribution is -0.145. The lowest BCUT2D eigenvalue weighted by atomic mass is 10.1. The van der Waals surface area contributed by atoms with Gasteiger partial charge in [0, 0.05) is 39.1 Å². The number of benzene rings is 2. The van der Waals surface area contributed by atoms with E-state index < -0.39 is 40.3 Å². The Balaban J connectivity index is 1.60. The Morgan fingerprint density at radius 2 is 1.70 bits per heavy atom. The summed E-state index contributed by atoms with van der Waals surface area (Å²) >= 11 is 12.6. The summed E-state index contributed by atoms with van der Waals surface area (Å²) in [6, 6.07) is 9.10. The first-order valence-electron chi connectivity index (χ1n) is 13.9. The number of hydrogen-bond donors (Lipinski definition) is 2. The molecule has 1 atom stereocenters. The minimum Gasteiger partial charge on any atom is -0.505 e. The van der Waals surface area contributed by atoms with Gasteiger partial charge >= 0.3 is 18.0 Å². The maximum Gasteiger partial charge on any atom is 0.410 e. The summed E-state index contributed by atoms with van der Waals surface area (Å²) in [4.78, 5) is 54.1. The second-order valence-electron chi connectivity index (χ2n) is 10.9. The molecule has 0 radical (unpaired) electrons. The van der Waals surface area contributed by atoms with Crippen LogP contribution in [0.15, 0.2) is 36.4 Å². The smallest absolute Gasteiger partial charge is 0.410 e. The summed E-state index contributed by atoms with van der Waals surface area (Å²) in [7, 11) is 0. The fourth-order valence-corrected chi connectivity index (χ4v) is 4.81. The van der Waals surface area contributed by atoms with Crippen LogP contribution in [0.4, 0.5) is 4.79 Å². The van der Waals surface area contributed by atoms with Gasteiger partial charge in [-0.25, -0.2) is 9.59 Å². The summed E-state index contributed by atoms with van der Waals surface area (Å²) in [6.45, 7) is 9.57. The maximum atomic E-state index is 13.1. The molecule has 2 aromatic rings. The van der Waals surface area contributed by atoms with Crippen LogP contribution in [0.1, 0.15) is 50.0 Å². The maximum absolute atomic E-state index is 13.1. The summed E-state index contributed by atoms with van der Waals surface area (Å²) in [5.74, 6) is -3.07. The molecule has 2 amide bonds. The molecule has 2 N–H and O–H groups in total. The molecule has 2 aromatic carbocycles. The van der Waals surface area contributed by atoms with Crippen LogP contribution < -0.4 is 10.1 Å². The van der Waals surface area contributed by atoms with E-state index in [4.69, 9.17) is 37.4 Å². The second-order valence-corrected chi connectivity index (χ2v) is 11.7. The van der Waals surface area contributed by atoms with E-state index in [2.05, 4.69) is 5.32 Å². The number of halogens is 2. The van der Waals surface area contributed by atoms with E-state index in [1.54, 1.807) is 36.1 Å². The van der Waals surface area contributed by atoms with Crippen LogP contribution in [0.3, 0.4) is 0 Å². The first kappa shape index (κ1) is 34.0. The second kappa shape index (κ2) is 15.3. The number of phenols is 1. The molecule has 0 aromatic heterocycles. The molecule has 43 heavy (non-hydrogen) atoms. The first-order chi connectivity index (χ1) is 20.3. The van der Waals surface area contributed by atoms with Crippen molar-refractivity contribution < 1.29 is 38.5 Å². The van der Waals surface area contributed by atoms with E-state index in [0.29, 0.717) is 32.7 Å². The van der Waals surface area contributed by atoms with Crippen LogP contribution >= 0.6 is 23.2 Å². The van der Waals surface area contributed by atoms with Crippen LogP contribution in [-0.2, 0) is 25.5 Å². The van der Waals surface area contributed by atoms with Crippen molar-refractivity contribution in [2.24, 2.45) is 0 Å². The van der Waals surface area contributed by atoms with Crippen LogP contribution in [0.2, 0.25) is 10.0 Å². The summed E-state index contributed by atoms with van der Waals surface area (Å²) in [6.07, 6.45) is -0.234. The standard InChI is InChI=1S/C30H37Cl2N3O8/c1-5-41-28(39)22(17-19-9-7-6-8-10-19)33-27(38)20-18-21(31)26(24(32)25(20)37)42-23(36)11-12-34-13-15-35(16-14-34)29(40)43-30(2,3)4/h6-10,18,22,37H,5,11-17H2,1-4H3,(H,33,38)/t22-/m0/s1. The van der Waals surface area contributed by atoms with Gasteiger partial charge in [-0.15, -0.1) is 0 Å². The third-order valence-corrected chi connectivity index (χ3v) is 7.06. The number of nitrogens with zero attached hydrogens (tertiary/aromatic N) is 2. The van der Waals surface area contributed by atoms with E-state index in [-0.39, 0.29) is 41.9 Å². The van der Waals surface area contributed by atoms with Crippen molar-refractivity contribution in [1.82, 2.24) is 15.1 Å². The number of ether oxygens (including phenoxy) is 3. The number of rotatable bonds is 10. The molecule has 0 saturated carbocycles. The number of carbonyl (C=O) groups is 4. The Labute approximate surface area is 261 Å². The van der Waals surface area contributed by atoms with Crippen molar-refractivity contribution in [3.8, 4) is 11.5 Å². The highest BCUT2D eigenvalue weighted by Crippen LogP contribution is 2.42. The molecule has 11 nitrogen and oxygen atoms in total.